The van der Waals surface area contributed by atoms with Gasteiger partial charge in [-0.1, -0.05) is 146 Å². The van der Waals surface area contributed by atoms with Crippen LogP contribution in [0.5, 0.6) is 0 Å². The second-order valence-electron chi connectivity index (χ2n) is 10.0. The van der Waals surface area contributed by atoms with Crippen molar-refractivity contribution in [3.63, 3.8) is 0 Å². The molecule has 6 aromatic rings. The molecule has 0 unspecified atom stereocenters. The van der Waals surface area contributed by atoms with E-state index in [2.05, 4.69) is 146 Å². The lowest BCUT2D eigenvalue weighted by Gasteiger charge is -2.34. The van der Waals surface area contributed by atoms with E-state index in [0.29, 0.717) is 0 Å². The van der Waals surface area contributed by atoms with Crippen LogP contribution in [0.25, 0.3) is 33.0 Å². The van der Waals surface area contributed by atoms with Gasteiger partial charge >= 0.3 is 0 Å². The van der Waals surface area contributed by atoms with Crippen LogP contribution in [0, 0.1) is 0 Å². The zero-order valence-electron chi connectivity index (χ0n) is 20.4. The molecule has 0 heteroatoms. The Morgan fingerprint density at radius 1 is 0.378 bits per heavy atom. The topological polar surface area (TPSA) is 0 Å². The molecule has 0 heterocycles. The molecule has 0 saturated carbocycles. The molecule has 172 valence electrons. The smallest absolute Gasteiger partial charge is 0.0622 e. The first-order valence-corrected chi connectivity index (χ1v) is 13.0. The van der Waals surface area contributed by atoms with Gasteiger partial charge in [-0.15, -0.1) is 0 Å². The first-order valence-electron chi connectivity index (χ1n) is 13.0. The molecule has 0 aliphatic heterocycles. The highest BCUT2D eigenvalue weighted by Crippen LogP contribution is 2.66. The molecular weight excluding hydrogens is 444 g/mol. The standard InChI is InChI=1S/C37H24/c1-3-14-26(15-4-1)34-31-20-10-12-22-33(31)37(35(34)27-16-5-2-6-17-27)32-21-11-9-19-29(32)30-24-23-25-13-7-8-18-28(25)36(30)37/h1-24H/t37-/m1/s1. The fourth-order valence-corrected chi connectivity index (χ4v) is 6.97. The van der Waals surface area contributed by atoms with Crippen molar-refractivity contribution < 1.29 is 0 Å². The summed E-state index contributed by atoms with van der Waals surface area (Å²) in [7, 11) is 0. The van der Waals surface area contributed by atoms with E-state index in [4.69, 9.17) is 0 Å². The van der Waals surface area contributed by atoms with Gasteiger partial charge in [-0.05, 0) is 66.4 Å². The summed E-state index contributed by atoms with van der Waals surface area (Å²) < 4.78 is 0. The molecule has 0 bridgehead atoms. The molecule has 1 spiro atoms. The second kappa shape index (κ2) is 7.66. The van der Waals surface area contributed by atoms with E-state index < -0.39 is 5.41 Å². The van der Waals surface area contributed by atoms with E-state index in [-0.39, 0.29) is 0 Å². The van der Waals surface area contributed by atoms with Crippen LogP contribution >= 0.6 is 0 Å². The molecule has 0 nitrogen and oxygen atoms in total. The van der Waals surface area contributed by atoms with Gasteiger partial charge in [-0.3, -0.25) is 0 Å². The third-order valence-corrected chi connectivity index (χ3v) is 8.28. The Labute approximate surface area is 217 Å². The zero-order valence-corrected chi connectivity index (χ0v) is 20.4. The van der Waals surface area contributed by atoms with E-state index in [0.717, 1.165) is 0 Å². The van der Waals surface area contributed by atoms with Gasteiger partial charge in [0.1, 0.15) is 0 Å². The molecule has 0 radical (unpaired) electrons. The van der Waals surface area contributed by atoms with E-state index in [9.17, 15) is 0 Å². The average Bonchev–Trinajstić information content (AvgIpc) is 3.45. The molecular formula is C37H24. The van der Waals surface area contributed by atoms with Crippen molar-refractivity contribution in [3.05, 3.63) is 179 Å². The van der Waals surface area contributed by atoms with Gasteiger partial charge in [0.05, 0.1) is 5.41 Å². The number of allylic oxidation sites excluding steroid dienone is 1. The van der Waals surface area contributed by atoms with Crippen LogP contribution in [0.1, 0.15) is 33.4 Å². The lowest BCUT2D eigenvalue weighted by Crippen LogP contribution is -2.27. The van der Waals surface area contributed by atoms with E-state index >= 15 is 0 Å². The molecule has 2 aliphatic rings. The molecule has 8 rings (SSSR count). The van der Waals surface area contributed by atoms with Crippen molar-refractivity contribution in [2.75, 3.05) is 0 Å². The summed E-state index contributed by atoms with van der Waals surface area (Å²) >= 11 is 0. The summed E-state index contributed by atoms with van der Waals surface area (Å²) in [5.41, 5.74) is 13.0. The Morgan fingerprint density at radius 2 is 0.946 bits per heavy atom. The molecule has 6 aromatic carbocycles. The van der Waals surface area contributed by atoms with Gasteiger partial charge in [0.15, 0.2) is 0 Å². The monoisotopic (exact) mass is 468 g/mol. The Morgan fingerprint density at radius 3 is 1.70 bits per heavy atom. The largest absolute Gasteiger partial charge is 0.0737 e. The summed E-state index contributed by atoms with van der Waals surface area (Å²) in [5.74, 6) is 0. The molecule has 0 fully saturated rings. The van der Waals surface area contributed by atoms with Crippen molar-refractivity contribution in [1.29, 1.82) is 0 Å². The van der Waals surface area contributed by atoms with Crippen LogP contribution < -0.4 is 0 Å². The van der Waals surface area contributed by atoms with Gasteiger partial charge in [0, 0.05) is 0 Å². The number of hydrogen-bond acceptors (Lipinski definition) is 0. The maximum Gasteiger partial charge on any atom is 0.0737 e. The van der Waals surface area contributed by atoms with Crippen LogP contribution in [0.2, 0.25) is 0 Å². The Bertz CT molecular complexity index is 1860. The summed E-state index contributed by atoms with van der Waals surface area (Å²) in [4.78, 5) is 0. The summed E-state index contributed by atoms with van der Waals surface area (Å²) in [6.45, 7) is 0. The Balaban J connectivity index is 1.66. The lowest BCUT2D eigenvalue weighted by molar-refractivity contribution is 0.850. The highest BCUT2D eigenvalue weighted by Gasteiger charge is 2.54. The number of fused-ring (bicyclic) bond motifs is 9. The van der Waals surface area contributed by atoms with Crippen molar-refractivity contribution in [2.24, 2.45) is 0 Å². The Kier molecular flexibility index (Phi) is 4.24. The minimum atomic E-state index is -0.407. The molecule has 2 aliphatic carbocycles. The summed E-state index contributed by atoms with van der Waals surface area (Å²) in [6.07, 6.45) is 0. The number of benzene rings is 6. The van der Waals surface area contributed by atoms with Crippen molar-refractivity contribution in [2.45, 2.75) is 5.41 Å². The average molecular weight is 469 g/mol. The van der Waals surface area contributed by atoms with Gasteiger partial charge in [-0.25, -0.2) is 0 Å². The minimum Gasteiger partial charge on any atom is -0.0622 e. The molecule has 0 N–H and O–H groups in total. The SMILES string of the molecule is c1ccc(C2=C(c3ccccc3)[C@]3(c4ccccc42)c2ccccc2-c2ccc4ccccc4c23)cc1. The van der Waals surface area contributed by atoms with Crippen LogP contribution in [0.3, 0.4) is 0 Å². The van der Waals surface area contributed by atoms with Crippen LogP contribution in [-0.4, -0.2) is 0 Å². The Hall–Kier alpha value is -4.68. The first kappa shape index (κ1) is 20.5. The number of hydrogen-bond donors (Lipinski definition) is 0. The second-order valence-corrected chi connectivity index (χ2v) is 10.0. The van der Waals surface area contributed by atoms with Crippen LogP contribution in [0.15, 0.2) is 146 Å². The molecule has 0 amide bonds. The predicted octanol–water partition coefficient (Wildman–Crippen LogP) is 9.13. The fraction of sp³-hybridized carbons (Fsp3) is 0.0270. The third kappa shape index (κ3) is 2.62. The van der Waals surface area contributed by atoms with Crippen LogP contribution in [0.4, 0.5) is 0 Å². The van der Waals surface area contributed by atoms with Crippen molar-refractivity contribution in [1.82, 2.24) is 0 Å². The molecule has 0 saturated heterocycles. The van der Waals surface area contributed by atoms with Crippen molar-refractivity contribution >= 4 is 21.9 Å². The highest BCUT2D eigenvalue weighted by atomic mass is 14.5. The maximum absolute atomic E-state index is 2.36. The van der Waals surface area contributed by atoms with Gasteiger partial charge < -0.3 is 0 Å². The zero-order chi connectivity index (χ0) is 24.4. The van der Waals surface area contributed by atoms with Crippen molar-refractivity contribution in [3.8, 4) is 11.1 Å². The van der Waals surface area contributed by atoms with Crippen LogP contribution in [-0.2, 0) is 5.41 Å². The predicted molar refractivity (Wildman–Crippen MR) is 155 cm³/mol. The van der Waals surface area contributed by atoms with Gasteiger partial charge in [-0.2, -0.15) is 0 Å². The quantitative estimate of drug-likeness (QED) is 0.238. The summed E-state index contributed by atoms with van der Waals surface area (Å²) in [5, 5.41) is 2.61. The minimum absolute atomic E-state index is 0.407. The maximum atomic E-state index is 2.36. The lowest BCUT2D eigenvalue weighted by atomic mass is 9.66. The fourth-order valence-electron chi connectivity index (χ4n) is 6.97. The van der Waals surface area contributed by atoms with E-state index in [1.54, 1.807) is 0 Å². The van der Waals surface area contributed by atoms with E-state index in [1.165, 1.54) is 66.4 Å². The number of rotatable bonds is 2. The normalized spacial score (nSPS) is 17.2. The molecule has 0 aromatic heterocycles. The van der Waals surface area contributed by atoms with Gasteiger partial charge in [0.2, 0.25) is 0 Å². The summed E-state index contributed by atoms with van der Waals surface area (Å²) in [6, 6.07) is 53.7. The van der Waals surface area contributed by atoms with E-state index in [1.807, 2.05) is 0 Å². The highest BCUT2D eigenvalue weighted by molar-refractivity contribution is 6.16. The third-order valence-electron chi connectivity index (χ3n) is 8.28. The van der Waals surface area contributed by atoms with Gasteiger partial charge in [0.25, 0.3) is 0 Å². The molecule has 1 atom stereocenters. The first-order chi connectivity index (χ1) is 18.4. The molecule has 37 heavy (non-hydrogen) atoms.